The van der Waals surface area contributed by atoms with Gasteiger partial charge in [-0.15, -0.1) is 0 Å². The third-order valence-electron chi connectivity index (χ3n) is 7.07. The molecule has 0 radical (unpaired) electrons. The quantitative estimate of drug-likeness (QED) is 0.297. The van der Waals surface area contributed by atoms with Gasteiger partial charge in [0.05, 0.1) is 29.1 Å². The zero-order valence-electron chi connectivity index (χ0n) is 19.4. The van der Waals surface area contributed by atoms with Gasteiger partial charge in [-0.25, -0.2) is 4.68 Å². The maximum atomic E-state index is 15.1. The number of nitrogens with one attached hydrogen (secondary N) is 2. The molecule has 34 heavy (non-hydrogen) atoms. The van der Waals surface area contributed by atoms with Crippen molar-refractivity contribution < 1.29 is 9.50 Å². The maximum Gasteiger partial charge on any atom is 0.227 e. The van der Waals surface area contributed by atoms with Crippen molar-refractivity contribution in [3.63, 3.8) is 0 Å². The van der Waals surface area contributed by atoms with Gasteiger partial charge in [0.25, 0.3) is 0 Å². The van der Waals surface area contributed by atoms with Crippen LogP contribution in [0.3, 0.4) is 0 Å². The number of rotatable bonds is 6. The van der Waals surface area contributed by atoms with E-state index in [0.717, 1.165) is 32.0 Å². The molecule has 2 heterocycles. The number of phenolic OH excluding ortho intramolecular Hbond substituents is 1. The molecule has 4 rings (SSSR count). The lowest BCUT2D eigenvalue weighted by atomic mass is 9.85. The van der Waals surface area contributed by atoms with Gasteiger partial charge < -0.3 is 21.1 Å². The monoisotopic (exact) mass is 462 g/mol. The number of para-hydroxylation sites is 1. The summed E-state index contributed by atoms with van der Waals surface area (Å²) in [6.45, 7) is 4.13. The molecule has 1 atom stereocenters. The Hall–Kier alpha value is -3.44. The molecular formula is C26H31FN6O. The summed E-state index contributed by atoms with van der Waals surface area (Å²) in [6, 6.07) is 7.07. The first-order chi connectivity index (χ1) is 16.3. The summed E-state index contributed by atoms with van der Waals surface area (Å²) >= 11 is 0. The van der Waals surface area contributed by atoms with E-state index < -0.39 is 5.95 Å². The summed E-state index contributed by atoms with van der Waals surface area (Å²) in [4.78, 5) is 2.57. The van der Waals surface area contributed by atoms with Crippen molar-refractivity contribution in [3.8, 4) is 17.6 Å². The SMILES string of the molecule is CC(C1CCN(C2CCC2)CC1)n1ncc(C#C/C(=C/C(=N)c2ccccc2O)C(=N)N)c1F. The molecule has 2 aliphatic rings. The Morgan fingerprint density at radius 1 is 1.24 bits per heavy atom. The summed E-state index contributed by atoms with van der Waals surface area (Å²) in [6.07, 6.45) is 8.70. The molecule has 0 amide bonds. The van der Waals surface area contributed by atoms with Gasteiger partial charge >= 0.3 is 0 Å². The number of allylic oxidation sites excluding steroid dienone is 1. The Bertz CT molecular complexity index is 1160. The largest absolute Gasteiger partial charge is 0.507 e. The molecule has 2 fully saturated rings. The highest BCUT2D eigenvalue weighted by atomic mass is 19.1. The average molecular weight is 463 g/mol. The Morgan fingerprint density at radius 2 is 1.94 bits per heavy atom. The lowest BCUT2D eigenvalue weighted by Gasteiger charge is -2.42. The van der Waals surface area contributed by atoms with Gasteiger partial charge in [-0.05, 0) is 69.8 Å². The highest BCUT2D eigenvalue weighted by Gasteiger charge is 2.32. The fraction of sp³-hybridized carbons (Fsp3) is 0.423. The van der Waals surface area contributed by atoms with E-state index in [0.29, 0.717) is 11.5 Å². The lowest BCUT2D eigenvalue weighted by molar-refractivity contribution is 0.0696. The Morgan fingerprint density at radius 3 is 2.56 bits per heavy atom. The fourth-order valence-electron chi connectivity index (χ4n) is 4.67. The van der Waals surface area contributed by atoms with Crippen LogP contribution in [0.2, 0.25) is 0 Å². The number of benzene rings is 1. The van der Waals surface area contributed by atoms with Crippen molar-refractivity contribution in [3.05, 3.63) is 59.2 Å². The number of amidine groups is 1. The Balaban J connectivity index is 1.47. The summed E-state index contributed by atoms with van der Waals surface area (Å²) in [5, 5.41) is 30.2. The molecule has 1 unspecified atom stereocenters. The molecule has 1 saturated heterocycles. The third kappa shape index (κ3) is 5.05. The maximum absolute atomic E-state index is 15.1. The first-order valence-corrected chi connectivity index (χ1v) is 11.8. The van der Waals surface area contributed by atoms with Crippen LogP contribution < -0.4 is 5.73 Å². The summed E-state index contributed by atoms with van der Waals surface area (Å²) in [7, 11) is 0. The molecule has 2 aromatic rings. The van der Waals surface area contributed by atoms with E-state index in [9.17, 15) is 5.11 Å². The molecule has 1 aliphatic carbocycles. The van der Waals surface area contributed by atoms with Crippen LogP contribution in [0.25, 0.3) is 0 Å². The number of phenols is 1. The number of nitrogens with zero attached hydrogens (tertiary/aromatic N) is 3. The van der Waals surface area contributed by atoms with Crippen molar-refractivity contribution in [1.29, 1.82) is 10.8 Å². The number of hydrogen-bond donors (Lipinski definition) is 4. The molecule has 1 aliphatic heterocycles. The van der Waals surface area contributed by atoms with E-state index in [1.54, 1.807) is 18.2 Å². The van der Waals surface area contributed by atoms with Gasteiger partial charge in [0, 0.05) is 11.6 Å². The first kappa shape index (κ1) is 23.7. The van der Waals surface area contributed by atoms with Gasteiger partial charge in [0.2, 0.25) is 5.95 Å². The third-order valence-corrected chi connectivity index (χ3v) is 7.07. The van der Waals surface area contributed by atoms with Crippen LogP contribution in [0.5, 0.6) is 5.75 Å². The van der Waals surface area contributed by atoms with E-state index in [1.165, 1.54) is 42.3 Å². The van der Waals surface area contributed by atoms with E-state index >= 15 is 4.39 Å². The topological polar surface area (TPSA) is 115 Å². The van der Waals surface area contributed by atoms with E-state index in [1.807, 2.05) is 6.92 Å². The number of aromatic nitrogens is 2. The van der Waals surface area contributed by atoms with Crippen LogP contribution >= 0.6 is 0 Å². The van der Waals surface area contributed by atoms with Crippen LogP contribution in [-0.4, -0.2) is 50.5 Å². The smallest absolute Gasteiger partial charge is 0.227 e. The molecule has 0 spiro atoms. The molecular weight excluding hydrogens is 431 g/mol. The van der Waals surface area contributed by atoms with Gasteiger partial charge in [0.1, 0.15) is 11.6 Å². The fourth-order valence-corrected chi connectivity index (χ4v) is 4.67. The Labute approximate surface area is 199 Å². The molecule has 1 aromatic heterocycles. The number of hydrogen-bond acceptors (Lipinski definition) is 5. The van der Waals surface area contributed by atoms with Gasteiger partial charge in [-0.1, -0.05) is 30.4 Å². The number of halogens is 1. The van der Waals surface area contributed by atoms with Crippen molar-refractivity contribution in [2.24, 2.45) is 11.7 Å². The zero-order valence-corrected chi connectivity index (χ0v) is 19.4. The number of nitrogens with two attached hydrogens (primary N) is 1. The van der Waals surface area contributed by atoms with Crippen molar-refractivity contribution in [2.75, 3.05) is 13.1 Å². The molecule has 7 nitrogen and oxygen atoms in total. The number of likely N-dealkylation sites (tertiary alicyclic amines) is 1. The van der Waals surface area contributed by atoms with Gasteiger partial charge in [-0.3, -0.25) is 5.41 Å². The first-order valence-electron chi connectivity index (χ1n) is 11.8. The standard InChI is InChI=1S/C26H31FN6O/c1-17(18-11-13-32(14-12-18)21-5-4-6-21)33-25(27)20(16-31-33)10-9-19(26(29)30)15-23(28)22-7-2-3-8-24(22)34/h2-3,7-8,15-18,21,28,34H,4-6,11-14H2,1H3,(H3,29,30)/b19-15-,28-23?. The predicted octanol–water partition coefficient (Wildman–Crippen LogP) is 3.84. The van der Waals surface area contributed by atoms with E-state index in [-0.39, 0.29) is 34.5 Å². The molecule has 1 saturated carbocycles. The number of piperidine rings is 1. The van der Waals surface area contributed by atoms with Crippen LogP contribution in [0.4, 0.5) is 4.39 Å². The second kappa shape index (κ2) is 10.2. The highest BCUT2D eigenvalue weighted by molar-refractivity contribution is 6.14. The van der Waals surface area contributed by atoms with Crippen LogP contribution in [-0.2, 0) is 0 Å². The lowest BCUT2D eigenvalue weighted by Crippen LogP contribution is -2.45. The molecule has 1 aromatic carbocycles. The van der Waals surface area contributed by atoms with E-state index in [2.05, 4.69) is 21.8 Å². The van der Waals surface area contributed by atoms with Crippen molar-refractivity contribution in [1.82, 2.24) is 14.7 Å². The molecule has 5 N–H and O–H groups in total. The van der Waals surface area contributed by atoms with E-state index in [4.69, 9.17) is 16.6 Å². The van der Waals surface area contributed by atoms with Crippen molar-refractivity contribution >= 4 is 11.5 Å². The number of aromatic hydroxyl groups is 1. The molecule has 178 valence electrons. The Kier molecular flexibility index (Phi) is 7.13. The van der Waals surface area contributed by atoms with Gasteiger partial charge in [0.15, 0.2) is 0 Å². The minimum Gasteiger partial charge on any atom is -0.507 e. The zero-order chi connectivity index (χ0) is 24.2. The van der Waals surface area contributed by atoms with Crippen LogP contribution in [0.1, 0.15) is 56.2 Å². The summed E-state index contributed by atoms with van der Waals surface area (Å²) in [5.41, 5.74) is 6.07. The normalized spacial score (nSPS) is 18.6. The highest BCUT2D eigenvalue weighted by Crippen LogP contribution is 2.33. The average Bonchev–Trinajstić information content (AvgIpc) is 3.15. The minimum atomic E-state index is -0.500. The predicted molar refractivity (Wildman–Crippen MR) is 131 cm³/mol. The van der Waals surface area contributed by atoms with Crippen LogP contribution in [0, 0.1) is 34.5 Å². The second-order valence-corrected chi connectivity index (χ2v) is 9.14. The van der Waals surface area contributed by atoms with Crippen molar-refractivity contribution in [2.45, 2.75) is 51.1 Å². The van der Waals surface area contributed by atoms with Crippen LogP contribution in [0.15, 0.2) is 42.1 Å². The molecule has 0 bridgehead atoms. The summed E-state index contributed by atoms with van der Waals surface area (Å²) in [5.74, 6) is 4.88. The summed E-state index contributed by atoms with van der Waals surface area (Å²) < 4.78 is 16.6. The molecule has 8 heteroatoms. The second-order valence-electron chi connectivity index (χ2n) is 9.14. The van der Waals surface area contributed by atoms with Gasteiger partial charge in [-0.2, -0.15) is 9.49 Å². The minimum absolute atomic E-state index is 0.0457.